The summed E-state index contributed by atoms with van der Waals surface area (Å²) in [5, 5.41) is 26.0. The highest BCUT2D eigenvalue weighted by Crippen LogP contribution is 1.91. The molecule has 0 saturated carbocycles. The van der Waals surface area contributed by atoms with Gasteiger partial charge >= 0.3 is 17.9 Å². The number of aliphatic carboxylic acids is 3. The molecule has 0 aromatic rings. The SMILES string of the molecule is O=CCN(CCOCCOCCN(CC(=O)O)CC(=O)O)CC(=O)O. The summed E-state index contributed by atoms with van der Waals surface area (Å²) in [5.74, 6) is -3.27. The van der Waals surface area contributed by atoms with E-state index in [2.05, 4.69) is 0 Å². The molecule has 3 N–H and O–H groups in total. The maximum Gasteiger partial charge on any atom is 0.317 e. The van der Waals surface area contributed by atoms with Gasteiger partial charge in [-0.3, -0.25) is 24.2 Å². The molecule has 144 valence electrons. The summed E-state index contributed by atoms with van der Waals surface area (Å²) < 4.78 is 10.5. The van der Waals surface area contributed by atoms with Crippen molar-refractivity contribution in [2.24, 2.45) is 0 Å². The molecule has 0 spiro atoms. The number of carboxylic acid groups (broad SMARTS) is 3. The van der Waals surface area contributed by atoms with Crippen molar-refractivity contribution in [2.45, 2.75) is 0 Å². The fourth-order valence-electron chi connectivity index (χ4n) is 1.84. The highest BCUT2D eigenvalue weighted by Gasteiger charge is 2.13. The quantitative estimate of drug-likeness (QED) is 0.195. The molecule has 0 saturated heterocycles. The number of hydrogen-bond donors (Lipinski definition) is 3. The first kappa shape index (κ1) is 22.9. The van der Waals surface area contributed by atoms with E-state index in [0.29, 0.717) is 6.29 Å². The molecule has 0 aromatic heterocycles. The monoisotopic (exact) mass is 364 g/mol. The topological polar surface area (TPSA) is 154 Å². The Morgan fingerprint density at radius 2 is 1.12 bits per heavy atom. The van der Waals surface area contributed by atoms with Crippen LogP contribution in [0.4, 0.5) is 0 Å². The van der Waals surface area contributed by atoms with E-state index >= 15 is 0 Å². The van der Waals surface area contributed by atoms with Gasteiger partial charge in [-0.25, -0.2) is 0 Å². The van der Waals surface area contributed by atoms with Crippen molar-refractivity contribution < 1.29 is 44.0 Å². The van der Waals surface area contributed by atoms with Crippen molar-refractivity contribution in [2.75, 3.05) is 65.7 Å². The molecule has 0 atom stereocenters. The Morgan fingerprint density at radius 3 is 1.52 bits per heavy atom. The minimum Gasteiger partial charge on any atom is -0.480 e. The molecular formula is C14H24N2O9. The van der Waals surface area contributed by atoms with Crippen molar-refractivity contribution in [3.63, 3.8) is 0 Å². The van der Waals surface area contributed by atoms with Crippen LogP contribution in [0, 0.1) is 0 Å². The van der Waals surface area contributed by atoms with Gasteiger partial charge in [0.15, 0.2) is 0 Å². The van der Waals surface area contributed by atoms with Crippen LogP contribution in [0.3, 0.4) is 0 Å². The van der Waals surface area contributed by atoms with E-state index < -0.39 is 17.9 Å². The second-order valence-electron chi connectivity index (χ2n) is 5.02. The van der Waals surface area contributed by atoms with E-state index in [1.54, 1.807) is 0 Å². The third-order valence-electron chi connectivity index (χ3n) is 2.89. The zero-order chi connectivity index (χ0) is 19.1. The van der Waals surface area contributed by atoms with Gasteiger partial charge in [0.2, 0.25) is 0 Å². The lowest BCUT2D eigenvalue weighted by atomic mass is 10.4. The number of carbonyl (C=O) groups is 4. The average Bonchev–Trinajstić information content (AvgIpc) is 2.48. The summed E-state index contributed by atoms with van der Waals surface area (Å²) in [6.07, 6.45) is 0.617. The van der Waals surface area contributed by atoms with Gasteiger partial charge in [-0.15, -0.1) is 0 Å². The number of aldehydes is 1. The molecule has 0 rings (SSSR count). The average molecular weight is 364 g/mol. The molecular weight excluding hydrogens is 340 g/mol. The molecule has 0 fully saturated rings. The minimum atomic E-state index is -1.12. The maximum atomic E-state index is 10.6. The van der Waals surface area contributed by atoms with Crippen LogP contribution >= 0.6 is 0 Å². The Kier molecular flexibility index (Phi) is 13.1. The van der Waals surface area contributed by atoms with Gasteiger partial charge in [-0.05, 0) is 0 Å². The molecule has 0 bridgehead atoms. The lowest BCUT2D eigenvalue weighted by Gasteiger charge is -2.18. The smallest absolute Gasteiger partial charge is 0.317 e. The van der Waals surface area contributed by atoms with Gasteiger partial charge in [0, 0.05) is 13.1 Å². The summed E-state index contributed by atoms with van der Waals surface area (Å²) in [6, 6.07) is 0. The number of nitrogens with zero attached hydrogens (tertiary/aromatic N) is 2. The summed E-state index contributed by atoms with van der Waals surface area (Å²) in [7, 11) is 0. The second-order valence-corrected chi connectivity index (χ2v) is 5.02. The Labute approximate surface area is 144 Å². The van der Waals surface area contributed by atoms with Crippen molar-refractivity contribution in [1.82, 2.24) is 9.80 Å². The van der Waals surface area contributed by atoms with E-state index in [9.17, 15) is 19.2 Å². The van der Waals surface area contributed by atoms with Gasteiger partial charge in [0.1, 0.15) is 6.29 Å². The summed E-state index contributed by atoms with van der Waals surface area (Å²) in [5.41, 5.74) is 0. The predicted molar refractivity (Wildman–Crippen MR) is 83.5 cm³/mol. The molecule has 11 nitrogen and oxygen atoms in total. The van der Waals surface area contributed by atoms with Crippen LogP contribution in [0.15, 0.2) is 0 Å². The Hall–Kier alpha value is -2.08. The zero-order valence-corrected chi connectivity index (χ0v) is 13.8. The number of ether oxygens (including phenoxy) is 2. The normalized spacial score (nSPS) is 11.0. The summed E-state index contributed by atoms with van der Waals surface area (Å²) in [4.78, 5) is 44.9. The van der Waals surface area contributed by atoms with Gasteiger partial charge in [0.05, 0.1) is 52.6 Å². The Balaban J connectivity index is 3.76. The van der Waals surface area contributed by atoms with E-state index in [1.165, 1.54) is 9.80 Å². The zero-order valence-electron chi connectivity index (χ0n) is 13.8. The number of rotatable bonds is 17. The molecule has 0 aromatic carbocycles. The van der Waals surface area contributed by atoms with E-state index in [1.807, 2.05) is 0 Å². The minimum absolute atomic E-state index is 0.00908. The molecule has 0 aliphatic heterocycles. The van der Waals surface area contributed by atoms with Crippen LogP contribution in [0.5, 0.6) is 0 Å². The second kappa shape index (κ2) is 14.3. The van der Waals surface area contributed by atoms with Gasteiger partial charge in [-0.1, -0.05) is 0 Å². The Morgan fingerprint density at radius 1 is 0.720 bits per heavy atom. The fourth-order valence-corrected chi connectivity index (χ4v) is 1.84. The first-order valence-electron chi connectivity index (χ1n) is 7.54. The van der Waals surface area contributed by atoms with Crippen LogP contribution < -0.4 is 0 Å². The Bertz CT molecular complexity index is 415. The third kappa shape index (κ3) is 15.2. The fraction of sp³-hybridized carbons (Fsp3) is 0.714. The number of carboxylic acids is 3. The molecule has 0 radical (unpaired) electrons. The van der Waals surface area contributed by atoms with E-state index in [0.717, 1.165) is 0 Å². The highest BCUT2D eigenvalue weighted by atomic mass is 16.5. The number of carbonyl (C=O) groups excluding carboxylic acids is 1. The number of hydrogen-bond acceptors (Lipinski definition) is 8. The summed E-state index contributed by atoms with van der Waals surface area (Å²) in [6.45, 7) is 0.275. The largest absolute Gasteiger partial charge is 0.480 e. The van der Waals surface area contributed by atoms with Gasteiger partial charge in [0.25, 0.3) is 0 Å². The molecule has 0 aliphatic rings. The standard InChI is InChI=1S/C14H24N2O9/c17-4-1-15(9-12(18)19)2-5-24-7-8-25-6-3-16(10-13(20)21)11-14(22)23/h4H,1-3,5-11H2,(H,18,19)(H,20,21)(H,22,23). The van der Waals surface area contributed by atoms with Crippen LogP contribution in [0.25, 0.3) is 0 Å². The lowest BCUT2D eigenvalue weighted by Crippen LogP contribution is -2.37. The molecule has 11 heteroatoms. The van der Waals surface area contributed by atoms with Crippen LogP contribution in [0.2, 0.25) is 0 Å². The van der Waals surface area contributed by atoms with E-state index in [4.69, 9.17) is 24.8 Å². The van der Waals surface area contributed by atoms with Gasteiger partial charge < -0.3 is 29.6 Å². The molecule has 0 unspecified atom stereocenters. The van der Waals surface area contributed by atoms with Crippen molar-refractivity contribution in [1.29, 1.82) is 0 Å². The molecule has 25 heavy (non-hydrogen) atoms. The predicted octanol–water partition coefficient (Wildman–Crippen LogP) is -1.92. The summed E-state index contributed by atoms with van der Waals surface area (Å²) >= 11 is 0. The van der Waals surface area contributed by atoms with Crippen LogP contribution in [-0.4, -0.2) is 115 Å². The van der Waals surface area contributed by atoms with Crippen LogP contribution in [-0.2, 0) is 28.7 Å². The molecule has 0 heterocycles. The first-order chi connectivity index (χ1) is 11.8. The van der Waals surface area contributed by atoms with E-state index in [-0.39, 0.29) is 65.7 Å². The maximum absolute atomic E-state index is 10.6. The van der Waals surface area contributed by atoms with Crippen molar-refractivity contribution >= 4 is 24.2 Å². The highest BCUT2D eigenvalue weighted by molar-refractivity contribution is 5.72. The van der Waals surface area contributed by atoms with Gasteiger partial charge in [-0.2, -0.15) is 0 Å². The molecule has 0 aliphatic carbocycles. The van der Waals surface area contributed by atoms with Crippen molar-refractivity contribution in [3.05, 3.63) is 0 Å². The molecule has 0 amide bonds. The van der Waals surface area contributed by atoms with Crippen LogP contribution in [0.1, 0.15) is 0 Å². The van der Waals surface area contributed by atoms with Crippen molar-refractivity contribution in [3.8, 4) is 0 Å². The first-order valence-corrected chi connectivity index (χ1v) is 7.54. The third-order valence-corrected chi connectivity index (χ3v) is 2.89. The lowest BCUT2D eigenvalue weighted by molar-refractivity contribution is -0.142.